The van der Waals surface area contributed by atoms with Crippen LogP contribution in [0.3, 0.4) is 0 Å². The molecule has 1 aromatic carbocycles. The van der Waals surface area contributed by atoms with Gasteiger partial charge in [0.25, 0.3) is 0 Å². The summed E-state index contributed by atoms with van der Waals surface area (Å²) in [6.07, 6.45) is 3.97. The van der Waals surface area contributed by atoms with Crippen LogP contribution in [0, 0.1) is 25.7 Å². The third kappa shape index (κ3) is 2.60. The van der Waals surface area contributed by atoms with Gasteiger partial charge in [0, 0.05) is 0 Å². The van der Waals surface area contributed by atoms with E-state index < -0.39 is 0 Å². The smallest absolute Gasteiger partial charge is 0.00430 e. The van der Waals surface area contributed by atoms with Crippen molar-refractivity contribution in [1.82, 2.24) is 0 Å². The van der Waals surface area contributed by atoms with Crippen LogP contribution >= 0.6 is 0 Å². The van der Waals surface area contributed by atoms with Crippen molar-refractivity contribution in [3.63, 3.8) is 0 Å². The normalized spacial score (nSPS) is 17.8. The van der Waals surface area contributed by atoms with Crippen LogP contribution in [0.15, 0.2) is 18.2 Å². The van der Waals surface area contributed by atoms with E-state index in [1.807, 2.05) is 0 Å². The van der Waals surface area contributed by atoms with Crippen LogP contribution in [0.4, 0.5) is 0 Å². The van der Waals surface area contributed by atoms with Gasteiger partial charge in [0.05, 0.1) is 0 Å². The molecule has 1 saturated carbocycles. The van der Waals surface area contributed by atoms with Crippen molar-refractivity contribution in [3.8, 4) is 0 Å². The molecule has 0 heterocycles. The fraction of sp³-hybridized carbons (Fsp3) is 0.571. The highest BCUT2D eigenvalue weighted by Crippen LogP contribution is 2.38. The first-order valence-corrected chi connectivity index (χ1v) is 5.97. The first kappa shape index (κ1) is 10.7. The van der Waals surface area contributed by atoms with E-state index in [1.165, 1.54) is 36.0 Å². The second-order valence-electron chi connectivity index (χ2n) is 4.97. The van der Waals surface area contributed by atoms with E-state index in [-0.39, 0.29) is 0 Å². The molecule has 0 radical (unpaired) electrons. The van der Waals surface area contributed by atoms with Gasteiger partial charge in [0.15, 0.2) is 0 Å². The highest BCUT2D eigenvalue weighted by atomic mass is 14.6. The van der Waals surface area contributed by atoms with Gasteiger partial charge in [-0.2, -0.15) is 0 Å². The Morgan fingerprint density at radius 3 is 2.67 bits per heavy atom. The zero-order chi connectivity index (χ0) is 10.8. The highest BCUT2D eigenvalue weighted by Gasteiger charge is 2.30. The molecular formula is C14H21N. The standard InChI is InChI=1S/C14H21N/c1-10-3-4-11(2)13(7-10)8-14(9-15)12-5-6-12/h3-4,7,12,14H,5-6,8-9,15H2,1-2H3. The Labute approximate surface area is 92.7 Å². The fourth-order valence-corrected chi connectivity index (χ4v) is 2.31. The maximum Gasteiger partial charge on any atom is -0.00430 e. The fourth-order valence-electron chi connectivity index (χ4n) is 2.31. The monoisotopic (exact) mass is 203 g/mol. The second-order valence-corrected chi connectivity index (χ2v) is 4.97. The van der Waals surface area contributed by atoms with Crippen LogP contribution in [0.1, 0.15) is 29.5 Å². The van der Waals surface area contributed by atoms with Crippen molar-refractivity contribution < 1.29 is 0 Å². The summed E-state index contributed by atoms with van der Waals surface area (Å²) in [6, 6.07) is 6.74. The SMILES string of the molecule is Cc1ccc(C)c(CC(CN)C2CC2)c1. The Morgan fingerprint density at radius 2 is 2.07 bits per heavy atom. The van der Waals surface area contributed by atoms with Gasteiger partial charge in [-0.05, 0) is 62.6 Å². The molecule has 1 aliphatic carbocycles. The van der Waals surface area contributed by atoms with E-state index in [9.17, 15) is 0 Å². The molecule has 1 unspecified atom stereocenters. The van der Waals surface area contributed by atoms with E-state index in [2.05, 4.69) is 32.0 Å². The molecule has 0 spiro atoms. The lowest BCUT2D eigenvalue weighted by molar-refractivity contribution is 0.470. The van der Waals surface area contributed by atoms with Crippen LogP contribution < -0.4 is 5.73 Å². The summed E-state index contributed by atoms with van der Waals surface area (Å²) in [5.41, 5.74) is 10.1. The van der Waals surface area contributed by atoms with E-state index in [0.717, 1.165) is 12.5 Å². The van der Waals surface area contributed by atoms with E-state index in [0.29, 0.717) is 5.92 Å². The third-order valence-electron chi connectivity index (χ3n) is 3.58. The average Bonchev–Trinajstić information content (AvgIpc) is 3.03. The minimum atomic E-state index is 0.713. The average molecular weight is 203 g/mol. The summed E-state index contributed by atoms with van der Waals surface area (Å²) in [4.78, 5) is 0. The lowest BCUT2D eigenvalue weighted by Gasteiger charge is -2.15. The predicted octanol–water partition coefficient (Wildman–Crippen LogP) is 2.83. The van der Waals surface area contributed by atoms with Gasteiger partial charge in [-0.3, -0.25) is 0 Å². The Bertz CT molecular complexity index is 339. The second kappa shape index (κ2) is 4.36. The van der Waals surface area contributed by atoms with Gasteiger partial charge in [-0.15, -0.1) is 0 Å². The lowest BCUT2D eigenvalue weighted by atomic mass is 9.91. The molecule has 0 amide bonds. The number of aryl methyl sites for hydroxylation is 2. The molecule has 0 saturated heterocycles. The van der Waals surface area contributed by atoms with Crippen molar-refractivity contribution in [2.75, 3.05) is 6.54 Å². The van der Waals surface area contributed by atoms with Gasteiger partial charge in [-0.1, -0.05) is 23.8 Å². The number of hydrogen-bond donors (Lipinski definition) is 1. The Balaban J connectivity index is 2.11. The number of nitrogens with two attached hydrogens (primary N) is 1. The molecule has 1 fully saturated rings. The maximum absolute atomic E-state index is 5.85. The number of hydrogen-bond acceptors (Lipinski definition) is 1. The summed E-state index contributed by atoms with van der Waals surface area (Å²) in [5, 5.41) is 0. The molecule has 1 heteroatoms. The van der Waals surface area contributed by atoms with Crippen molar-refractivity contribution in [1.29, 1.82) is 0 Å². The summed E-state index contributed by atoms with van der Waals surface area (Å²) in [6.45, 7) is 5.21. The minimum absolute atomic E-state index is 0.713. The van der Waals surface area contributed by atoms with Crippen LogP contribution in [-0.2, 0) is 6.42 Å². The molecule has 2 rings (SSSR count). The molecule has 1 aliphatic rings. The largest absolute Gasteiger partial charge is 0.330 e. The van der Waals surface area contributed by atoms with Crippen molar-refractivity contribution >= 4 is 0 Å². The summed E-state index contributed by atoms with van der Waals surface area (Å²) in [5.74, 6) is 1.63. The number of rotatable bonds is 4. The zero-order valence-electron chi connectivity index (χ0n) is 9.79. The molecule has 1 aromatic rings. The molecule has 0 aliphatic heterocycles. The van der Waals surface area contributed by atoms with Crippen molar-refractivity contribution in [3.05, 3.63) is 34.9 Å². The summed E-state index contributed by atoms with van der Waals surface area (Å²) in [7, 11) is 0. The molecule has 2 N–H and O–H groups in total. The van der Waals surface area contributed by atoms with E-state index in [4.69, 9.17) is 5.73 Å². The van der Waals surface area contributed by atoms with Gasteiger partial charge in [0.2, 0.25) is 0 Å². The zero-order valence-corrected chi connectivity index (χ0v) is 9.79. The van der Waals surface area contributed by atoms with E-state index >= 15 is 0 Å². The molecule has 0 bridgehead atoms. The number of benzene rings is 1. The van der Waals surface area contributed by atoms with Crippen molar-refractivity contribution in [2.45, 2.75) is 33.1 Å². The Morgan fingerprint density at radius 1 is 1.33 bits per heavy atom. The van der Waals surface area contributed by atoms with Crippen LogP contribution in [-0.4, -0.2) is 6.54 Å². The topological polar surface area (TPSA) is 26.0 Å². The molecule has 0 aromatic heterocycles. The van der Waals surface area contributed by atoms with Gasteiger partial charge < -0.3 is 5.73 Å². The van der Waals surface area contributed by atoms with Gasteiger partial charge >= 0.3 is 0 Å². The highest BCUT2D eigenvalue weighted by molar-refractivity contribution is 5.31. The lowest BCUT2D eigenvalue weighted by Crippen LogP contribution is -2.19. The third-order valence-corrected chi connectivity index (χ3v) is 3.58. The van der Waals surface area contributed by atoms with Crippen LogP contribution in [0.5, 0.6) is 0 Å². The summed E-state index contributed by atoms with van der Waals surface area (Å²) >= 11 is 0. The molecule has 82 valence electrons. The van der Waals surface area contributed by atoms with E-state index in [1.54, 1.807) is 0 Å². The van der Waals surface area contributed by atoms with Crippen LogP contribution in [0.2, 0.25) is 0 Å². The Hall–Kier alpha value is -0.820. The van der Waals surface area contributed by atoms with Gasteiger partial charge in [0.1, 0.15) is 0 Å². The van der Waals surface area contributed by atoms with Crippen LogP contribution in [0.25, 0.3) is 0 Å². The van der Waals surface area contributed by atoms with Crippen molar-refractivity contribution in [2.24, 2.45) is 17.6 Å². The first-order chi connectivity index (χ1) is 7.20. The van der Waals surface area contributed by atoms with Gasteiger partial charge in [-0.25, -0.2) is 0 Å². The summed E-state index contributed by atoms with van der Waals surface area (Å²) < 4.78 is 0. The molecular weight excluding hydrogens is 182 g/mol. The minimum Gasteiger partial charge on any atom is -0.330 e. The molecule has 1 nitrogen and oxygen atoms in total. The molecule has 15 heavy (non-hydrogen) atoms. The predicted molar refractivity (Wildman–Crippen MR) is 64.9 cm³/mol. The Kier molecular flexibility index (Phi) is 3.11. The maximum atomic E-state index is 5.85. The molecule has 1 atom stereocenters. The first-order valence-electron chi connectivity index (χ1n) is 5.97. The quantitative estimate of drug-likeness (QED) is 0.800.